The maximum absolute atomic E-state index is 2.70. The molecular weight excluding hydrogens is 605 g/mol. The highest BCUT2D eigenvalue weighted by molar-refractivity contribution is 7.13. The van der Waals surface area contributed by atoms with E-state index in [1.807, 2.05) is 0 Å². The van der Waals surface area contributed by atoms with Gasteiger partial charge in [0.25, 0.3) is 0 Å². The van der Waals surface area contributed by atoms with Crippen molar-refractivity contribution in [3.8, 4) is 33.4 Å². The first-order valence-electron chi connectivity index (χ1n) is 18.8. The van der Waals surface area contributed by atoms with Gasteiger partial charge in [-0.3, -0.25) is 0 Å². The van der Waals surface area contributed by atoms with Crippen LogP contribution < -0.4 is 15.6 Å². The van der Waals surface area contributed by atoms with E-state index in [0.29, 0.717) is 0 Å². The molecule has 0 spiro atoms. The molecular formula is C48H52Si. The van der Waals surface area contributed by atoms with Crippen LogP contribution in [0.5, 0.6) is 0 Å². The molecule has 0 N–H and O–H groups in total. The van der Waals surface area contributed by atoms with Crippen LogP contribution in [0.3, 0.4) is 0 Å². The van der Waals surface area contributed by atoms with Crippen molar-refractivity contribution in [2.45, 2.75) is 77.2 Å². The molecule has 1 heteroatoms. The van der Waals surface area contributed by atoms with Crippen molar-refractivity contribution in [3.63, 3.8) is 0 Å². The molecule has 0 aromatic heterocycles. The largest absolute Gasteiger partial charge is 0.150 e. The van der Waals surface area contributed by atoms with Crippen LogP contribution in [0, 0.1) is 0 Å². The summed E-state index contributed by atoms with van der Waals surface area (Å²) in [5.41, 5.74) is 8.00. The lowest BCUT2D eigenvalue weighted by molar-refractivity contribution is 0.562. The minimum absolute atomic E-state index is 1.17. The van der Waals surface area contributed by atoms with E-state index >= 15 is 0 Å². The van der Waals surface area contributed by atoms with E-state index in [4.69, 9.17) is 0 Å². The van der Waals surface area contributed by atoms with Crippen LogP contribution in [0.1, 0.15) is 71.1 Å². The van der Waals surface area contributed by atoms with Gasteiger partial charge in [-0.25, -0.2) is 0 Å². The van der Waals surface area contributed by atoms with Crippen molar-refractivity contribution in [2.75, 3.05) is 0 Å². The summed E-state index contributed by atoms with van der Waals surface area (Å²) in [4.78, 5) is 0. The molecule has 248 valence electrons. The molecule has 6 rings (SSSR count). The summed E-state index contributed by atoms with van der Waals surface area (Å²) in [7, 11) is -2.70. The SMILES string of the molecule is CCCCCCCCCCCC[Si](c1ccccc1-c1ccccc1)(c1ccccc1-c1ccccc1)c1ccccc1-c1ccccc1. The molecule has 0 nitrogen and oxygen atoms in total. The third-order valence-corrected chi connectivity index (χ3v) is 15.5. The molecule has 0 saturated heterocycles. The molecule has 49 heavy (non-hydrogen) atoms. The van der Waals surface area contributed by atoms with Gasteiger partial charge in [-0.1, -0.05) is 235 Å². The Morgan fingerprint density at radius 1 is 0.306 bits per heavy atom. The summed E-state index contributed by atoms with van der Waals surface area (Å²) < 4.78 is 0. The molecule has 0 aliphatic carbocycles. The first-order valence-corrected chi connectivity index (χ1v) is 21.0. The molecule has 0 aliphatic rings. The van der Waals surface area contributed by atoms with Gasteiger partial charge in [-0.2, -0.15) is 0 Å². The molecule has 0 amide bonds. The highest BCUT2D eigenvalue weighted by Crippen LogP contribution is 2.31. The van der Waals surface area contributed by atoms with E-state index in [2.05, 4.69) is 171 Å². The van der Waals surface area contributed by atoms with Crippen molar-refractivity contribution >= 4 is 23.6 Å². The zero-order valence-electron chi connectivity index (χ0n) is 29.4. The summed E-state index contributed by atoms with van der Waals surface area (Å²) in [5, 5.41) is 4.55. The quantitative estimate of drug-likeness (QED) is 0.0521. The Bertz CT molecular complexity index is 1640. The summed E-state index contributed by atoms with van der Waals surface area (Å²) in [6.45, 7) is 2.30. The zero-order valence-corrected chi connectivity index (χ0v) is 30.4. The Morgan fingerprint density at radius 3 is 0.939 bits per heavy atom. The maximum Gasteiger partial charge on any atom is 0.150 e. The van der Waals surface area contributed by atoms with Crippen LogP contribution in [0.15, 0.2) is 164 Å². The van der Waals surface area contributed by atoms with Gasteiger partial charge in [0.15, 0.2) is 8.07 Å². The molecule has 0 heterocycles. The van der Waals surface area contributed by atoms with Gasteiger partial charge >= 0.3 is 0 Å². The summed E-state index contributed by atoms with van der Waals surface area (Å²) >= 11 is 0. The monoisotopic (exact) mass is 656 g/mol. The molecule has 0 radical (unpaired) electrons. The lowest BCUT2D eigenvalue weighted by Gasteiger charge is -2.38. The third kappa shape index (κ3) is 8.23. The normalized spacial score (nSPS) is 11.4. The number of hydrogen-bond donors (Lipinski definition) is 0. The fourth-order valence-corrected chi connectivity index (χ4v) is 13.6. The smallest absolute Gasteiger partial charge is 0.0654 e. The van der Waals surface area contributed by atoms with Crippen LogP contribution in [-0.2, 0) is 0 Å². The van der Waals surface area contributed by atoms with Crippen molar-refractivity contribution < 1.29 is 0 Å². The van der Waals surface area contributed by atoms with Crippen LogP contribution in [-0.4, -0.2) is 8.07 Å². The Hall–Kier alpha value is -4.46. The third-order valence-electron chi connectivity index (χ3n) is 10.3. The Labute approximate surface area is 296 Å². The highest BCUT2D eigenvalue weighted by atomic mass is 28.3. The van der Waals surface area contributed by atoms with Crippen molar-refractivity contribution in [1.29, 1.82) is 0 Å². The van der Waals surface area contributed by atoms with E-state index < -0.39 is 8.07 Å². The van der Waals surface area contributed by atoms with Gasteiger partial charge in [0.05, 0.1) is 0 Å². The highest BCUT2D eigenvalue weighted by Gasteiger charge is 2.43. The molecule has 0 bridgehead atoms. The molecule has 6 aromatic carbocycles. The van der Waals surface area contributed by atoms with Gasteiger partial charge in [0.2, 0.25) is 0 Å². The average molecular weight is 657 g/mol. The fourth-order valence-electron chi connectivity index (χ4n) is 7.89. The van der Waals surface area contributed by atoms with Gasteiger partial charge in [0, 0.05) is 0 Å². The van der Waals surface area contributed by atoms with Crippen LogP contribution in [0.2, 0.25) is 6.04 Å². The first-order chi connectivity index (χ1) is 24.3. The second-order valence-corrected chi connectivity index (χ2v) is 17.5. The van der Waals surface area contributed by atoms with Gasteiger partial charge in [0.1, 0.15) is 0 Å². The van der Waals surface area contributed by atoms with E-state index in [0.717, 1.165) is 0 Å². The number of hydrogen-bond acceptors (Lipinski definition) is 0. The summed E-state index contributed by atoms with van der Waals surface area (Å²) in [6.07, 6.45) is 13.4. The average Bonchev–Trinajstić information content (AvgIpc) is 3.18. The maximum atomic E-state index is 2.48. The first kappa shape index (κ1) is 34.4. The summed E-state index contributed by atoms with van der Waals surface area (Å²) in [5.74, 6) is 0. The fraction of sp³-hybridized carbons (Fsp3) is 0.250. The molecule has 0 fully saturated rings. The predicted octanol–water partition coefficient (Wildman–Crippen LogP) is 12.1. The molecule has 0 atom stereocenters. The lowest BCUT2D eigenvalue weighted by atomic mass is 10.1. The van der Waals surface area contributed by atoms with Gasteiger partial charge in [-0.05, 0) is 55.0 Å². The Balaban J connectivity index is 1.53. The molecule has 0 aliphatic heterocycles. The van der Waals surface area contributed by atoms with E-state index in [1.165, 1.54) is 119 Å². The zero-order chi connectivity index (χ0) is 33.6. The van der Waals surface area contributed by atoms with Crippen molar-refractivity contribution in [1.82, 2.24) is 0 Å². The minimum atomic E-state index is -2.70. The molecule has 0 saturated carbocycles. The molecule has 0 unspecified atom stereocenters. The minimum Gasteiger partial charge on any atom is -0.0654 e. The van der Waals surface area contributed by atoms with E-state index in [-0.39, 0.29) is 0 Å². The standard InChI is InChI=1S/C48H52Si/c1-2-3-4-5-6-7-8-9-10-26-39-49(46-36-23-20-33-43(46)40-27-14-11-15-28-40,47-37-24-21-34-44(47)41-29-16-12-17-30-41)48-38-25-22-35-45(48)42-31-18-13-19-32-42/h11-25,27-38H,2-10,26,39H2,1H3. The second kappa shape index (κ2) is 17.8. The van der Waals surface area contributed by atoms with E-state index in [1.54, 1.807) is 0 Å². The summed E-state index contributed by atoms with van der Waals surface area (Å²) in [6, 6.07) is 62.6. The Morgan fingerprint density at radius 2 is 0.592 bits per heavy atom. The Kier molecular flexibility index (Phi) is 12.5. The van der Waals surface area contributed by atoms with E-state index in [9.17, 15) is 0 Å². The van der Waals surface area contributed by atoms with Crippen LogP contribution in [0.4, 0.5) is 0 Å². The van der Waals surface area contributed by atoms with Crippen LogP contribution in [0.25, 0.3) is 33.4 Å². The predicted molar refractivity (Wildman–Crippen MR) is 217 cm³/mol. The van der Waals surface area contributed by atoms with Crippen molar-refractivity contribution in [2.24, 2.45) is 0 Å². The number of benzene rings is 6. The lowest BCUT2D eigenvalue weighted by Crippen LogP contribution is -2.68. The number of rotatable bonds is 17. The van der Waals surface area contributed by atoms with Gasteiger partial charge < -0.3 is 0 Å². The number of unbranched alkanes of at least 4 members (excludes halogenated alkanes) is 9. The van der Waals surface area contributed by atoms with Crippen molar-refractivity contribution in [3.05, 3.63) is 164 Å². The molecule has 6 aromatic rings. The topological polar surface area (TPSA) is 0 Å². The second-order valence-electron chi connectivity index (χ2n) is 13.6. The van der Waals surface area contributed by atoms with Gasteiger partial charge in [-0.15, -0.1) is 0 Å². The van der Waals surface area contributed by atoms with Crippen LogP contribution >= 0.6 is 0 Å².